The number of carbonyl (C=O) groups is 1. The summed E-state index contributed by atoms with van der Waals surface area (Å²) in [6.45, 7) is 6.95. The lowest BCUT2D eigenvalue weighted by molar-refractivity contribution is -0.139. The van der Waals surface area contributed by atoms with Gasteiger partial charge in [-0.3, -0.25) is 4.79 Å². The molecule has 0 saturated carbocycles. The molecule has 0 unspecified atom stereocenters. The van der Waals surface area contributed by atoms with Crippen LogP contribution in [0, 0.1) is 5.41 Å². The van der Waals surface area contributed by atoms with Crippen LogP contribution in [0.1, 0.15) is 38.3 Å². The Labute approximate surface area is 116 Å². The molecule has 106 valence electrons. The summed E-state index contributed by atoms with van der Waals surface area (Å²) in [6.07, 6.45) is 2.26. The molecule has 0 fully saturated rings. The second kappa shape index (κ2) is 6.71. The van der Waals surface area contributed by atoms with Crippen LogP contribution in [0.2, 0.25) is 0 Å². The Morgan fingerprint density at radius 2 is 1.74 bits per heavy atom. The Kier molecular flexibility index (Phi) is 5.55. The molecule has 1 amide bonds. The molecule has 0 radical (unpaired) electrons. The zero-order valence-corrected chi connectivity index (χ0v) is 12.6. The van der Waals surface area contributed by atoms with E-state index in [0.717, 1.165) is 18.4 Å². The van der Waals surface area contributed by atoms with Crippen molar-refractivity contribution in [1.29, 1.82) is 0 Å². The quantitative estimate of drug-likeness (QED) is 0.856. The predicted molar refractivity (Wildman–Crippen MR) is 79.7 cm³/mol. The van der Waals surface area contributed by atoms with Gasteiger partial charge in [0.15, 0.2) is 0 Å². The van der Waals surface area contributed by atoms with Crippen molar-refractivity contribution in [3.8, 4) is 0 Å². The number of nitrogens with two attached hydrogens (primary N) is 1. The van der Waals surface area contributed by atoms with Gasteiger partial charge in [0, 0.05) is 20.1 Å². The number of carbonyl (C=O) groups excluding carboxylic acids is 1. The summed E-state index contributed by atoms with van der Waals surface area (Å²) in [5.41, 5.74) is 7.66. The fourth-order valence-corrected chi connectivity index (χ4v) is 2.05. The molecule has 0 aliphatic heterocycles. The van der Waals surface area contributed by atoms with Gasteiger partial charge in [0.1, 0.15) is 0 Å². The fraction of sp³-hybridized carbons (Fsp3) is 0.562. The fourth-order valence-electron chi connectivity index (χ4n) is 2.05. The molecule has 0 aromatic heterocycles. The Morgan fingerprint density at radius 3 is 2.21 bits per heavy atom. The highest BCUT2D eigenvalue weighted by molar-refractivity contribution is 5.81. The average molecular weight is 262 g/mol. The second-order valence-electron chi connectivity index (χ2n) is 5.82. The van der Waals surface area contributed by atoms with Gasteiger partial charge in [0.05, 0.1) is 5.41 Å². The number of benzene rings is 1. The standard InChI is InChI=1S/C16H26N2O/c1-5-6-13-7-9-14(10-8-13)11-18(4)15(19)16(2,3)12-17/h7-10H,5-6,11-12,17H2,1-4H3. The van der Waals surface area contributed by atoms with Gasteiger partial charge in [-0.05, 0) is 31.4 Å². The molecule has 0 heterocycles. The first-order chi connectivity index (χ1) is 8.90. The molecule has 0 bridgehead atoms. The van der Waals surface area contributed by atoms with Crippen molar-refractivity contribution in [3.05, 3.63) is 35.4 Å². The van der Waals surface area contributed by atoms with E-state index in [1.54, 1.807) is 4.90 Å². The molecule has 0 aliphatic carbocycles. The van der Waals surface area contributed by atoms with Gasteiger partial charge in [-0.15, -0.1) is 0 Å². The summed E-state index contributed by atoms with van der Waals surface area (Å²) in [5.74, 6) is 0.0904. The van der Waals surface area contributed by atoms with Crippen LogP contribution in [0.5, 0.6) is 0 Å². The van der Waals surface area contributed by atoms with Crippen molar-refractivity contribution in [3.63, 3.8) is 0 Å². The maximum absolute atomic E-state index is 12.2. The van der Waals surface area contributed by atoms with E-state index in [9.17, 15) is 4.79 Å². The molecule has 1 rings (SSSR count). The van der Waals surface area contributed by atoms with Crippen LogP contribution in [-0.2, 0) is 17.8 Å². The average Bonchev–Trinajstić information content (AvgIpc) is 2.40. The van der Waals surface area contributed by atoms with Crippen LogP contribution >= 0.6 is 0 Å². The largest absolute Gasteiger partial charge is 0.341 e. The number of nitrogens with zero attached hydrogens (tertiary/aromatic N) is 1. The van der Waals surface area contributed by atoms with Crippen molar-refractivity contribution >= 4 is 5.91 Å². The lowest BCUT2D eigenvalue weighted by atomic mass is 9.92. The van der Waals surface area contributed by atoms with Crippen molar-refractivity contribution < 1.29 is 4.79 Å². The van der Waals surface area contributed by atoms with Crippen molar-refractivity contribution in [2.24, 2.45) is 11.1 Å². The van der Waals surface area contributed by atoms with Gasteiger partial charge in [-0.2, -0.15) is 0 Å². The molecular formula is C16H26N2O. The molecule has 0 saturated heterocycles. The number of rotatable bonds is 6. The summed E-state index contributed by atoms with van der Waals surface area (Å²) >= 11 is 0. The van der Waals surface area contributed by atoms with Gasteiger partial charge in [-0.1, -0.05) is 37.6 Å². The molecule has 3 nitrogen and oxygen atoms in total. The third kappa shape index (κ3) is 4.35. The summed E-state index contributed by atoms with van der Waals surface area (Å²) in [4.78, 5) is 14.0. The highest BCUT2D eigenvalue weighted by Crippen LogP contribution is 2.18. The van der Waals surface area contributed by atoms with E-state index < -0.39 is 5.41 Å². The summed E-state index contributed by atoms with van der Waals surface area (Å²) in [7, 11) is 1.83. The highest BCUT2D eigenvalue weighted by atomic mass is 16.2. The van der Waals surface area contributed by atoms with E-state index in [0.29, 0.717) is 13.1 Å². The number of hydrogen-bond acceptors (Lipinski definition) is 2. The molecular weight excluding hydrogens is 236 g/mol. The summed E-state index contributed by atoms with van der Waals surface area (Å²) in [6, 6.07) is 8.49. The maximum atomic E-state index is 12.2. The Balaban J connectivity index is 2.66. The molecule has 19 heavy (non-hydrogen) atoms. The molecule has 0 atom stereocenters. The Hall–Kier alpha value is -1.35. The third-order valence-corrected chi connectivity index (χ3v) is 3.42. The van der Waals surface area contributed by atoms with Gasteiger partial charge < -0.3 is 10.6 Å². The van der Waals surface area contributed by atoms with Crippen LogP contribution < -0.4 is 5.73 Å². The highest BCUT2D eigenvalue weighted by Gasteiger charge is 2.28. The van der Waals surface area contributed by atoms with E-state index in [4.69, 9.17) is 5.73 Å². The maximum Gasteiger partial charge on any atom is 0.229 e. The minimum Gasteiger partial charge on any atom is -0.341 e. The van der Waals surface area contributed by atoms with Gasteiger partial charge in [-0.25, -0.2) is 0 Å². The minimum atomic E-state index is -0.489. The topological polar surface area (TPSA) is 46.3 Å². The van der Waals surface area contributed by atoms with E-state index in [1.807, 2.05) is 20.9 Å². The molecule has 1 aromatic rings. The lowest BCUT2D eigenvalue weighted by Crippen LogP contribution is -2.42. The second-order valence-corrected chi connectivity index (χ2v) is 5.82. The number of amides is 1. The van der Waals surface area contributed by atoms with Crippen molar-refractivity contribution in [2.45, 2.75) is 40.2 Å². The molecule has 0 spiro atoms. The first kappa shape index (κ1) is 15.7. The zero-order valence-electron chi connectivity index (χ0n) is 12.6. The van der Waals surface area contributed by atoms with Crippen LogP contribution in [0.15, 0.2) is 24.3 Å². The van der Waals surface area contributed by atoms with Crippen molar-refractivity contribution in [1.82, 2.24) is 4.90 Å². The third-order valence-electron chi connectivity index (χ3n) is 3.42. The smallest absolute Gasteiger partial charge is 0.229 e. The van der Waals surface area contributed by atoms with E-state index in [-0.39, 0.29) is 5.91 Å². The normalized spacial score (nSPS) is 11.4. The Bertz CT molecular complexity index is 409. The van der Waals surface area contributed by atoms with E-state index in [1.165, 1.54) is 5.56 Å². The molecule has 0 aliphatic rings. The Morgan fingerprint density at radius 1 is 1.21 bits per heavy atom. The van der Waals surface area contributed by atoms with Crippen LogP contribution in [0.25, 0.3) is 0 Å². The zero-order chi connectivity index (χ0) is 14.5. The van der Waals surface area contributed by atoms with E-state index >= 15 is 0 Å². The van der Waals surface area contributed by atoms with Crippen LogP contribution in [0.3, 0.4) is 0 Å². The van der Waals surface area contributed by atoms with Crippen LogP contribution in [-0.4, -0.2) is 24.4 Å². The first-order valence-electron chi connectivity index (χ1n) is 6.94. The van der Waals surface area contributed by atoms with Gasteiger partial charge >= 0.3 is 0 Å². The summed E-state index contributed by atoms with van der Waals surface area (Å²) < 4.78 is 0. The SMILES string of the molecule is CCCc1ccc(CN(C)C(=O)C(C)(C)CN)cc1. The van der Waals surface area contributed by atoms with Gasteiger partial charge in [0.25, 0.3) is 0 Å². The number of hydrogen-bond donors (Lipinski definition) is 1. The van der Waals surface area contributed by atoms with Crippen molar-refractivity contribution in [2.75, 3.05) is 13.6 Å². The monoisotopic (exact) mass is 262 g/mol. The molecule has 2 N–H and O–H groups in total. The lowest BCUT2D eigenvalue weighted by Gasteiger charge is -2.28. The number of aryl methyl sites for hydroxylation is 1. The summed E-state index contributed by atoms with van der Waals surface area (Å²) in [5, 5.41) is 0. The van der Waals surface area contributed by atoms with Crippen LogP contribution in [0.4, 0.5) is 0 Å². The van der Waals surface area contributed by atoms with Gasteiger partial charge in [0.2, 0.25) is 5.91 Å². The minimum absolute atomic E-state index is 0.0904. The first-order valence-corrected chi connectivity index (χ1v) is 6.94. The molecule has 3 heteroatoms. The predicted octanol–water partition coefficient (Wildman–Crippen LogP) is 2.58. The molecule has 1 aromatic carbocycles. The van der Waals surface area contributed by atoms with E-state index in [2.05, 4.69) is 31.2 Å².